The molecule has 0 N–H and O–H groups in total. The summed E-state index contributed by atoms with van der Waals surface area (Å²) in [4.78, 5) is 31.1. The smallest absolute Gasteiger partial charge is 0.149 e. The van der Waals surface area contributed by atoms with E-state index in [0.29, 0.717) is 0 Å². The average Bonchev–Trinajstić information content (AvgIpc) is 1.85. The molecule has 0 rings (SSSR count). The third-order valence-corrected chi connectivity index (χ3v) is 1.51. The van der Waals surface area contributed by atoms with Crippen LogP contribution in [-0.2, 0) is 14.4 Å². The lowest BCUT2D eigenvalue weighted by Gasteiger charge is -2.23. The lowest BCUT2D eigenvalue weighted by molar-refractivity contribution is -0.315. The van der Waals surface area contributed by atoms with Gasteiger partial charge in [0.15, 0.2) is 0 Å². The second kappa shape index (κ2) is 3.34. The molecule has 0 aliphatic carbocycles. The van der Waals surface area contributed by atoms with E-state index in [2.05, 4.69) is 0 Å². The number of ketones is 1. The van der Waals surface area contributed by atoms with Gasteiger partial charge < -0.3 is 19.8 Å². The molecule has 0 heterocycles. The number of carbonyl (C=O) groups is 3. The van der Waals surface area contributed by atoms with Crippen LogP contribution >= 0.6 is 0 Å². The number of carboxylic acids is 2. The fourth-order valence-electron chi connectivity index (χ4n) is 0.466. The van der Waals surface area contributed by atoms with Gasteiger partial charge in [0.2, 0.25) is 0 Å². The van der Waals surface area contributed by atoms with E-state index in [-0.39, 0.29) is 0 Å². The average molecular weight is 172 g/mol. The number of hydrogen-bond acceptors (Lipinski definition) is 5. The molecule has 0 fully saturated rings. The maximum atomic E-state index is 10.9. The maximum absolute atomic E-state index is 10.9. The zero-order chi connectivity index (χ0) is 9.94. The van der Waals surface area contributed by atoms with Crippen molar-refractivity contribution in [3.8, 4) is 0 Å². The van der Waals surface area contributed by atoms with Crippen LogP contribution in [0.4, 0.5) is 0 Å². The monoisotopic (exact) mass is 172 g/mol. The van der Waals surface area contributed by atoms with Gasteiger partial charge in [0.1, 0.15) is 5.78 Å². The van der Waals surface area contributed by atoms with Gasteiger partial charge in [0.25, 0.3) is 0 Å². The van der Waals surface area contributed by atoms with Gasteiger partial charge in [-0.25, -0.2) is 0 Å². The Kier molecular flexibility index (Phi) is 2.95. The molecule has 0 bridgehead atoms. The summed E-state index contributed by atoms with van der Waals surface area (Å²) in [5.41, 5.74) is -1.76. The molecule has 0 aromatic heterocycles. The number of rotatable bonds is 4. The quantitative estimate of drug-likeness (QED) is 0.435. The Morgan fingerprint density at radius 3 is 1.83 bits per heavy atom. The van der Waals surface area contributed by atoms with Crippen LogP contribution in [0.2, 0.25) is 0 Å². The summed E-state index contributed by atoms with van der Waals surface area (Å²) in [6.07, 6.45) is -0.902. The summed E-state index contributed by atoms with van der Waals surface area (Å²) in [7, 11) is 0. The van der Waals surface area contributed by atoms with Crippen molar-refractivity contribution in [3.63, 3.8) is 0 Å². The number of aliphatic carboxylic acids is 2. The van der Waals surface area contributed by atoms with Gasteiger partial charge >= 0.3 is 0 Å². The number of carboxylic acid groups (broad SMARTS) is 2. The molecule has 0 aromatic carbocycles. The summed E-state index contributed by atoms with van der Waals surface area (Å²) in [6.45, 7) is 2.18. The molecule has 0 aliphatic heterocycles. The van der Waals surface area contributed by atoms with Crippen LogP contribution in [0, 0.1) is 5.41 Å². The van der Waals surface area contributed by atoms with Crippen molar-refractivity contribution >= 4 is 17.7 Å². The zero-order valence-corrected chi connectivity index (χ0v) is 6.75. The van der Waals surface area contributed by atoms with Crippen LogP contribution in [0.3, 0.4) is 0 Å². The van der Waals surface area contributed by atoms with E-state index in [9.17, 15) is 24.6 Å². The minimum atomic E-state index is -1.76. The molecule has 0 amide bonds. The lowest BCUT2D eigenvalue weighted by atomic mass is 9.87. The highest BCUT2D eigenvalue weighted by Gasteiger charge is 2.28. The van der Waals surface area contributed by atoms with E-state index in [1.807, 2.05) is 0 Å². The molecule has 0 atom stereocenters. The van der Waals surface area contributed by atoms with Crippen LogP contribution in [0.5, 0.6) is 0 Å². The van der Waals surface area contributed by atoms with E-state index in [1.165, 1.54) is 0 Å². The Morgan fingerprint density at radius 2 is 1.58 bits per heavy atom. The summed E-state index contributed by atoms with van der Waals surface area (Å²) in [5.74, 6) is -4.11. The maximum Gasteiger partial charge on any atom is 0.149 e. The van der Waals surface area contributed by atoms with E-state index >= 15 is 0 Å². The molecular formula is C7H8O5-2. The molecule has 0 spiro atoms. The van der Waals surface area contributed by atoms with Gasteiger partial charge in [0, 0.05) is 12.4 Å². The van der Waals surface area contributed by atoms with Crippen molar-refractivity contribution in [1.29, 1.82) is 0 Å². The first-order valence-corrected chi connectivity index (χ1v) is 3.23. The first-order chi connectivity index (χ1) is 5.28. The first-order valence-electron chi connectivity index (χ1n) is 3.23. The van der Waals surface area contributed by atoms with Crippen LogP contribution in [0.25, 0.3) is 0 Å². The molecule has 0 aliphatic rings. The van der Waals surface area contributed by atoms with Crippen LogP contribution < -0.4 is 10.2 Å². The van der Waals surface area contributed by atoms with Crippen molar-refractivity contribution in [1.82, 2.24) is 0 Å². The van der Waals surface area contributed by atoms with Gasteiger partial charge in [-0.15, -0.1) is 0 Å². The number of hydrogen-bond donors (Lipinski definition) is 0. The summed E-state index contributed by atoms with van der Waals surface area (Å²) < 4.78 is 0. The van der Waals surface area contributed by atoms with Gasteiger partial charge in [-0.1, -0.05) is 0 Å². The zero-order valence-electron chi connectivity index (χ0n) is 6.75. The van der Waals surface area contributed by atoms with Gasteiger partial charge in [-0.3, -0.25) is 4.79 Å². The molecular weight excluding hydrogens is 164 g/mol. The SMILES string of the molecule is CC(C)(C(=O)[O-])C(=O)CC(=O)[O-]. The Hall–Kier alpha value is -1.39. The Morgan fingerprint density at radius 1 is 1.17 bits per heavy atom. The van der Waals surface area contributed by atoms with E-state index in [1.54, 1.807) is 0 Å². The van der Waals surface area contributed by atoms with Gasteiger partial charge in [-0.2, -0.15) is 0 Å². The van der Waals surface area contributed by atoms with Crippen molar-refractivity contribution < 1.29 is 24.6 Å². The molecule has 12 heavy (non-hydrogen) atoms. The molecule has 0 radical (unpaired) electrons. The van der Waals surface area contributed by atoms with Crippen LogP contribution in [0.15, 0.2) is 0 Å². The molecule has 5 heteroatoms. The Bertz CT molecular complexity index is 228. The van der Waals surface area contributed by atoms with Crippen LogP contribution in [0.1, 0.15) is 20.3 Å². The van der Waals surface area contributed by atoms with Gasteiger partial charge in [0.05, 0.1) is 11.4 Å². The topological polar surface area (TPSA) is 97.3 Å². The second-order valence-corrected chi connectivity index (χ2v) is 2.88. The summed E-state index contributed by atoms with van der Waals surface area (Å²) in [6, 6.07) is 0. The lowest BCUT2D eigenvalue weighted by Crippen LogP contribution is -2.45. The largest absolute Gasteiger partial charge is 0.550 e. The minimum Gasteiger partial charge on any atom is -0.550 e. The fraction of sp³-hybridized carbons (Fsp3) is 0.571. The Balaban J connectivity index is 4.47. The van der Waals surface area contributed by atoms with Crippen molar-refractivity contribution in [2.24, 2.45) is 5.41 Å². The predicted molar refractivity (Wildman–Crippen MR) is 33.4 cm³/mol. The number of Topliss-reactive ketones (excluding diaryl/α,β-unsaturated/α-hetero) is 1. The third-order valence-electron chi connectivity index (χ3n) is 1.51. The Labute approximate surface area is 69.0 Å². The van der Waals surface area contributed by atoms with E-state index in [4.69, 9.17) is 0 Å². The first kappa shape index (κ1) is 10.6. The second-order valence-electron chi connectivity index (χ2n) is 2.88. The standard InChI is InChI=1S/C7H10O5/c1-7(2,6(11)12)4(8)3-5(9)10/h3H2,1-2H3,(H,9,10)(H,11,12)/p-2. The highest BCUT2D eigenvalue weighted by Crippen LogP contribution is 2.16. The third kappa shape index (κ3) is 2.34. The van der Waals surface area contributed by atoms with E-state index < -0.39 is 29.6 Å². The summed E-state index contributed by atoms with van der Waals surface area (Å²) >= 11 is 0. The predicted octanol–water partition coefficient (Wildman–Crippen LogP) is -2.53. The molecule has 0 unspecified atom stereocenters. The minimum absolute atomic E-state index is 0.902. The molecule has 68 valence electrons. The molecule has 0 aromatic rings. The molecule has 5 nitrogen and oxygen atoms in total. The van der Waals surface area contributed by atoms with Crippen molar-refractivity contribution in [3.05, 3.63) is 0 Å². The van der Waals surface area contributed by atoms with Crippen molar-refractivity contribution in [2.75, 3.05) is 0 Å². The van der Waals surface area contributed by atoms with E-state index in [0.717, 1.165) is 13.8 Å². The summed E-state index contributed by atoms with van der Waals surface area (Å²) in [5, 5.41) is 20.2. The highest BCUT2D eigenvalue weighted by atomic mass is 16.4. The normalized spacial score (nSPS) is 10.8. The molecule has 0 saturated carbocycles. The van der Waals surface area contributed by atoms with Gasteiger partial charge in [-0.05, 0) is 13.8 Å². The van der Waals surface area contributed by atoms with Crippen molar-refractivity contribution in [2.45, 2.75) is 20.3 Å². The number of carbonyl (C=O) groups excluding carboxylic acids is 3. The fourth-order valence-corrected chi connectivity index (χ4v) is 0.466. The molecule has 0 saturated heterocycles. The highest BCUT2D eigenvalue weighted by molar-refractivity contribution is 6.07. The van der Waals surface area contributed by atoms with Crippen LogP contribution in [-0.4, -0.2) is 17.7 Å².